The molecule has 1 amide bonds. The Morgan fingerprint density at radius 3 is 2.70 bits per heavy atom. The van der Waals surface area contributed by atoms with E-state index >= 15 is 0 Å². The third-order valence-electron chi connectivity index (χ3n) is 5.15. The van der Waals surface area contributed by atoms with Crippen molar-refractivity contribution in [3.63, 3.8) is 0 Å². The van der Waals surface area contributed by atoms with Crippen molar-refractivity contribution in [2.75, 3.05) is 6.54 Å². The number of halogens is 1. The van der Waals surface area contributed by atoms with Gasteiger partial charge in [-0.25, -0.2) is 9.37 Å². The lowest BCUT2D eigenvalue weighted by Gasteiger charge is -2.14. The maximum absolute atomic E-state index is 14.6. The number of hydrogen-bond acceptors (Lipinski definition) is 5. The molecule has 6 nitrogen and oxygen atoms in total. The molecule has 7 heteroatoms. The summed E-state index contributed by atoms with van der Waals surface area (Å²) in [7, 11) is 0. The highest BCUT2D eigenvalue weighted by Gasteiger charge is 2.28. The highest BCUT2D eigenvalue weighted by Crippen LogP contribution is 2.41. The van der Waals surface area contributed by atoms with Crippen molar-refractivity contribution in [3.8, 4) is 16.9 Å². The molecular formula is C23H21FN2O4. The Hall–Kier alpha value is -3.48. The van der Waals surface area contributed by atoms with Crippen molar-refractivity contribution < 1.29 is 23.1 Å². The van der Waals surface area contributed by atoms with E-state index in [0.717, 1.165) is 11.1 Å². The predicted octanol–water partition coefficient (Wildman–Crippen LogP) is 4.03. The summed E-state index contributed by atoms with van der Waals surface area (Å²) >= 11 is 0. The zero-order valence-electron chi connectivity index (χ0n) is 16.9. The number of benzene rings is 2. The summed E-state index contributed by atoms with van der Waals surface area (Å²) in [5.41, 5.74) is 3.78. The van der Waals surface area contributed by atoms with Gasteiger partial charge in [-0.2, -0.15) is 0 Å². The summed E-state index contributed by atoms with van der Waals surface area (Å²) < 4.78 is 25.8. The second-order valence-corrected chi connectivity index (χ2v) is 7.47. The molecule has 0 spiro atoms. The van der Waals surface area contributed by atoms with Gasteiger partial charge in [-0.3, -0.25) is 9.59 Å². The molecular weight excluding hydrogens is 387 g/mol. The summed E-state index contributed by atoms with van der Waals surface area (Å²) in [6.45, 7) is 5.34. The van der Waals surface area contributed by atoms with E-state index in [-0.39, 0.29) is 30.1 Å². The molecule has 0 saturated heterocycles. The van der Waals surface area contributed by atoms with Crippen LogP contribution in [0.25, 0.3) is 11.1 Å². The molecule has 2 aromatic carbocycles. The molecule has 1 atom stereocenters. The van der Waals surface area contributed by atoms with E-state index in [1.165, 1.54) is 25.5 Å². The number of fused-ring (bicyclic) bond motifs is 1. The van der Waals surface area contributed by atoms with Gasteiger partial charge in [0.1, 0.15) is 17.7 Å². The Balaban J connectivity index is 1.58. The molecule has 30 heavy (non-hydrogen) atoms. The minimum absolute atomic E-state index is 0.134. The Morgan fingerprint density at radius 2 is 2.00 bits per heavy atom. The van der Waals surface area contributed by atoms with Crippen molar-refractivity contribution in [1.82, 2.24) is 10.3 Å². The molecule has 1 aliphatic heterocycles. The number of Topliss-reactive ketones (excluding diaryl/α,β-unsaturated/α-hetero) is 1. The van der Waals surface area contributed by atoms with Crippen molar-refractivity contribution in [2.24, 2.45) is 0 Å². The summed E-state index contributed by atoms with van der Waals surface area (Å²) in [6.07, 6.45) is 1.50. The van der Waals surface area contributed by atoms with Crippen molar-refractivity contribution in [3.05, 3.63) is 70.7 Å². The van der Waals surface area contributed by atoms with Crippen LogP contribution in [0.1, 0.15) is 44.7 Å². The van der Waals surface area contributed by atoms with Gasteiger partial charge in [-0.05, 0) is 56.2 Å². The van der Waals surface area contributed by atoms with E-state index in [1.807, 2.05) is 19.1 Å². The van der Waals surface area contributed by atoms with E-state index in [2.05, 4.69) is 10.3 Å². The molecule has 1 unspecified atom stereocenters. The van der Waals surface area contributed by atoms with Crippen LogP contribution in [0.4, 0.5) is 4.39 Å². The maximum atomic E-state index is 14.6. The fourth-order valence-corrected chi connectivity index (χ4v) is 3.66. The van der Waals surface area contributed by atoms with E-state index in [1.54, 1.807) is 13.0 Å². The van der Waals surface area contributed by atoms with Gasteiger partial charge in [0.25, 0.3) is 5.91 Å². The highest BCUT2D eigenvalue weighted by atomic mass is 19.1. The lowest BCUT2D eigenvalue weighted by atomic mass is 9.95. The van der Waals surface area contributed by atoms with Crippen LogP contribution in [0.15, 0.2) is 41.1 Å². The van der Waals surface area contributed by atoms with Crippen molar-refractivity contribution in [1.29, 1.82) is 0 Å². The van der Waals surface area contributed by atoms with E-state index in [9.17, 15) is 14.0 Å². The molecule has 1 N–H and O–H groups in total. The topological polar surface area (TPSA) is 81.4 Å². The standard InChI is InChI=1S/C23H21FN2O4/c1-12-6-16-8-17(10-25-23(28)21-13(2)26-11-29-21)30-22(16)19(7-12)18-9-15(14(3)27)4-5-20(18)24/h4-7,9,11,17H,8,10H2,1-3H3,(H,25,28). The van der Waals surface area contributed by atoms with E-state index in [0.29, 0.717) is 34.6 Å². The molecule has 1 aliphatic rings. The van der Waals surface area contributed by atoms with Crippen molar-refractivity contribution in [2.45, 2.75) is 33.3 Å². The molecule has 0 aliphatic carbocycles. The smallest absolute Gasteiger partial charge is 0.289 e. The number of aromatic nitrogens is 1. The van der Waals surface area contributed by atoms with E-state index in [4.69, 9.17) is 9.15 Å². The zero-order chi connectivity index (χ0) is 21.4. The summed E-state index contributed by atoms with van der Waals surface area (Å²) in [4.78, 5) is 27.9. The van der Waals surface area contributed by atoms with Gasteiger partial charge < -0.3 is 14.5 Å². The lowest BCUT2D eigenvalue weighted by Crippen LogP contribution is -2.34. The average Bonchev–Trinajstić information content (AvgIpc) is 3.31. The largest absolute Gasteiger partial charge is 0.487 e. The Morgan fingerprint density at radius 1 is 1.20 bits per heavy atom. The number of nitrogens with one attached hydrogen (secondary N) is 1. The first kappa shape index (κ1) is 19.8. The van der Waals surface area contributed by atoms with Crippen LogP contribution in [0.3, 0.4) is 0 Å². The first-order valence-corrected chi connectivity index (χ1v) is 9.63. The second-order valence-electron chi connectivity index (χ2n) is 7.47. The van der Waals surface area contributed by atoms with Crippen LogP contribution in [-0.4, -0.2) is 29.3 Å². The third-order valence-corrected chi connectivity index (χ3v) is 5.15. The normalized spacial score (nSPS) is 14.9. The van der Waals surface area contributed by atoms with Crippen LogP contribution in [-0.2, 0) is 6.42 Å². The average molecular weight is 408 g/mol. The predicted molar refractivity (Wildman–Crippen MR) is 108 cm³/mol. The molecule has 0 saturated carbocycles. The molecule has 2 heterocycles. The molecule has 154 valence electrons. The number of aryl methyl sites for hydroxylation is 2. The van der Waals surface area contributed by atoms with Gasteiger partial charge in [0.15, 0.2) is 12.2 Å². The van der Waals surface area contributed by atoms with Gasteiger partial charge in [0, 0.05) is 23.1 Å². The second kappa shape index (κ2) is 7.74. The van der Waals surface area contributed by atoms with Crippen LogP contribution in [0, 0.1) is 19.7 Å². The molecule has 0 fully saturated rings. The number of ketones is 1. The quantitative estimate of drug-likeness (QED) is 0.645. The first-order valence-electron chi connectivity index (χ1n) is 9.63. The summed E-state index contributed by atoms with van der Waals surface area (Å²) in [5.74, 6) is -0.166. The minimum atomic E-state index is -0.422. The number of ether oxygens (including phenoxy) is 1. The lowest BCUT2D eigenvalue weighted by molar-refractivity contribution is 0.0904. The number of rotatable bonds is 5. The number of hydrogen-bond donors (Lipinski definition) is 1. The number of oxazole rings is 1. The molecule has 0 bridgehead atoms. The summed E-state index contributed by atoms with van der Waals surface area (Å²) in [5, 5.41) is 2.80. The fraction of sp³-hybridized carbons (Fsp3) is 0.261. The van der Waals surface area contributed by atoms with Gasteiger partial charge >= 0.3 is 0 Å². The zero-order valence-corrected chi connectivity index (χ0v) is 16.9. The molecule has 3 aromatic rings. The molecule has 1 aromatic heterocycles. The minimum Gasteiger partial charge on any atom is -0.487 e. The Labute approximate surface area is 173 Å². The highest BCUT2D eigenvalue weighted by molar-refractivity contribution is 5.95. The SMILES string of the molecule is CC(=O)c1ccc(F)c(-c2cc(C)cc3c2OC(CNC(=O)c2ocnc2C)C3)c1. The number of carbonyl (C=O) groups excluding carboxylic acids is 2. The number of amides is 1. The van der Waals surface area contributed by atoms with Crippen LogP contribution in [0.2, 0.25) is 0 Å². The van der Waals surface area contributed by atoms with Crippen molar-refractivity contribution >= 4 is 11.7 Å². The molecule has 0 radical (unpaired) electrons. The fourth-order valence-electron chi connectivity index (χ4n) is 3.66. The van der Waals surface area contributed by atoms with Gasteiger partial charge in [-0.1, -0.05) is 6.07 Å². The number of carbonyl (C=O) groups is 2. The van der Waals surface area contributed by atoms with Gasteiger partial charge in [0.2, 0.25) is 5.76 Å². The summed E-state index contributed by atoms with van der Waals surface area (Å²) in [6, 6.07) is 8.17. The van der Waals surface area contributed by atoms with Crippen LogP contribution in [0.5, 0.6) is 5.75 Å². The third kappa shape index (κ3) is 3.70. The van der Waals surface area contributed by atoms with E-state index < -0.39 is 5.82 Å². The van der Waals surface area contributed by atoms with Crippen LogP contribution < -0.4 is 10.1 Å². The molecule has 4 rings (SSSR count). The van der Waals surface area contributed by atoms with Gasteiger partial charge in [0.05, 0.1) is 12.2 Å². The number of nitrogens with zero attached hydrogens (tertiary/aromatic N) is 1. The first-order chi connectivity index (χ1) is 14.3. The van der Waals surface area contributed by atoms with Crippen LogP contribution >= 0.6 is 0 Å². The Bertz CT molecular complexity index is 1150. The monoisotopic (exact) mass is 408 g/mol. The van der Waals surface area contributed by atoms with Gasteiger partial charge in [-0.15, -0.1) is 0 Å². The Kier molecular flexibility index (Phi) is 5.11. The maximum Gasteiger partial charge on any atom is 0.289 e.